The maximum Gasteiger partial charge on any atom is 1.00 e. The molecule has 7 heteroatoms. The molecule has 12 heavy (non-hydrogen) atoms. The molecule has 0 N–H and O–H groups in total. The zero-order chi connectivity index (χ0) is 8.48. The Kier molecular flexibility index (Phi) is 5.35. The average Bonchev–Trinajstić information content (AvgIpc) is 2.37. The third-order valence-electron chi connectivity index (χ3n) is 1.11. The Morgan fingerprint density at radius 3 is 2.42 bits per heavy atom. The molecular formula is C5H8N3O2RbS. The Hall–Kier alpha value is 0.925. The van der Waals surface area contributed by atoms with Crippen LogP contribution in [0.5, 0.6) is 0 Å². The summed E-state index contributed by atoms with van der Waals surface area (Å²) in [7, 11) is -0.579. The van der Waals surface area contributed by atoms with Gasteiger partial charge in [-0.15, -0.1) is 12.4 Å². The number of nitrogens with zero attached hydrogens (tertiary/aromatic N) is 3. The molecule has 0 atom stereocenters. The molecule has 1 rings (SSSR count). The van der Waals surface area contributed by atoms with Crippen LogP contribution in [0, 0.1) is 6.20 Å². The van der Waals surface area contributed by atoms with Crippen LogP contribution in [0.15, 0.2) is 12.3 Å². The van der Waals surface area contributed by atoms with Crippen LogP contribution in [-0.2, 0) is 10.2 Å². The predicted octanol–water partition coefficient (Wildman–Crippen LogP) is -3.66. The van der Waals surface area contributed by atoms with E-state index >= 15 is 0 Å². The zero-order valence-corrected chi connectivity index (χ0v) is 13.0. The van der Waals surface area contributed by atoms with Crippen molar-refractivity contribution in [3.05, 3.63) is 18.5 Å². The molecule has 0 saturated carbocycles. The van der Waals surface area contributed by atoms with Crippen molar-refractivity contribution in [3.63, 3.8) is 0 Å². The van der Waals surface area contributed by atoms with Gasteiger partial charge >= 0.3 is 68.4 Å². The van der Waals surface area contributed by atoms with E-state index in [0.29, 0.717) is 0 Å². The zero-order valence-electron chi connectivity index (χ0n) is 7.22. The van der Waals surface area contributed by atoms with Crippen LogP contribution in [0.1, 0.15) is 0 Å². The van der Waals surface area contributed by atoms with Crippen LogP contribution in [0.2, 0.25) is 0 Å². The summed E-state index contributed by atoms with van der Waals surface area (Å²) in [6, 6.07) is 1.43. The third-order valence-corrected chi connectivity index (χ3v) is 2.67. The van der Waals surface area contributed by atoms with E-state index in [1.54, 1.807) is 0 Å². The van der Waals surface area contributed by atoms with Gasteiger partial charge in [-0.25, -0.2) is 0 Å². The molecule has 0 bridgehead atoms. The summed E-state index contributed by atoms with van der Waals surface area (Å²) < 4.78 is 24.2. The fourth-order valence-electron chi connectivity index (χ4n) is 0.505. The van der Waals surface area contributed by atoms with Gasteiger partial charge in [-0.05, 0) is 0 Å². The van der Waals surface area contributed by atoms with Crippen LogP contribution >= 0.6 is 0 Å². The standard InChI is InChI=1S/C5H8N3O2S.Rb/c1-7(2)11(9,10)8-5-3-4-6-8;/h3-4H,1-2H3;/q-1;+1. The maximum absolute atomic E-state index is 11.2. The van der Waals surface area contributed by atoms with Crippen LogP contribution in [-0.4, -0.2) is 36.0 Å². The molecular weight excluding hydrogens is 252 g/mol. The molecule has 1 aromatic heterocycles. The monoisotopic (exact) mass is 259 g/mol. The minimum Gasteiger partial charge on any atom is -0.282 e. The smallest absolute Gasteiger partial charge is 0.282 e. The van der Waals surface area contributed by atoms with Crippen molar-refractivity contribution >= 4 is 10.2 Å². The Bertz CT molecular complexity index is 318. The molecule has 0 fully saturated rings. The average molecular weight is 260 g/mol. The first kappa shape index (κ1) is 12.9. The van der Waals surface area contributed by atoms with Gasteiger partial charge in [-0.1, -0.05) is 0 Å². The minimum absolute atomic E-state index is 0. The van der Waals surface area contributed by atoms with Crippen LogP contribution in [0.25, 0.3) is 0 Å². The summed E-state index contributed by atoms with van der Waals surface area (Å²) in [4.78, 5) is 0. The van der Waals surface area contributed by atoms with Gasteiger partial charge in [0.15, 0.2) is 0 Å². The van der Waals surface area contributed by atoms with Crippen molar-refractivity contribution in [2.24, 2.45) is 0 Å². The van der Waals surface area contributed by atoms with E-state index in [2.05, 4.69) is 11.3 Å². The molecule has 0 aliphatic rings. The second kappa shape index (κ2) is 4.97. The van der Waals surface area contributed by atoms with Gasteiger partial charge in [0.2, 0.25) is 0 Å². The Morgan fingerprint density at radius 2 is 2.08 bits per heavy atom. The molecule has 0 radical (unpaired) electrons. The first-order valence-corrected chi connectivity index (χ1v) is 4.29. The molecule has 1 aromatic rings. The van der Waals surface area contributed by atoms with Crippen molar-refractivity contribution in [1.82, 2.24) is 13.5 Å². The fraction of sp³-hybridized carbons (Fsp3) is 0.400. The second-order valence-corrected chi connectivity index (χ2v) is 4.07. The van der Waals surface area contributed by atoms with Gasteiger partial charge in [-0.3, -0.25) is 9.19 Å². The first-order valence-electron chi connectivity index (χ1n) is 2.90. The molecule has 62 valence electrons. The Morgan fingerprint density at radius 1 is 1.50 bits per heavy atom. The molecule has 1 heterocycles. The molecule has 5 nitrogen and oxygen atoms in total. The summed E-state index contributed by atoms with van der Waals surface area (Å²) in [6.45, 7) is 0. The van der Waals surface area contributed by atoms with Crippen molar-refractivity contribution in [3.8, 4) is 0 Å². The van der Waals surface area contributed by atoms with Gasteiger partial charge in [0.05, 0.1) is 0 Å². The van der Waals surface area contributed by atoms with Gasteiger partial charge in [-0.2, -0.15) is 18.8 Å². The molecule has 0 spiro atoms. The molecule has 0 amide bonds. The third kappa shape index (κ3) is 2.71. The fourth-order valence-corrected chi connectivity index (χ4v) is 1.18. The van der Waals surface area contributed by atoms with E-state index in [9.17, 15) is 8.42 Å². The van der Waals surface area contributed by atoms with Crippen LogP contribution in [0.4, 0.5) is 0 Å². The van der Waals surface area contributed by atoms with Gasteiger partial charge < -0.3 is 0 Å². The Balaban J connectivity index is 0.00000121. The SMILES string of the molecule is CN(C)S(=O)(=O)n1[c-]ccn1.[Rb+]. The summed E-state index contributed by atoms with van der Waals surface area (Å²) in [6.07, 6.45) is 3.80. The number of hydrogen-bond donors (Lipinski definition) is 0. The number of aromatic nitrogens is 2. The second-order valence-electron chi connectivity index (χ2n) is 2.09. The van der Waals surface area contributed by atoms with Crippen molar-refractivity contribution in [2.75, 3.05) is 14.1 Å². The van der Waals surface area contributed by atoms with Gasteiger partial charge in [0, 0.05) is 14.1 Å². The molecule has 0 aromatic carbocycles. The van der Waals surface area contributed by atoms with E-state index in [1.165, 1.54) is 26.4 Å². The normalized spacial score (nSPS) is 11.2. The maximum atomic E-state index is 11.2. The van der Waals surface area contributed by atoms with E-state index in [-0.39, 0.29) is 58.2 Å². The van der Waals surface area contributed by atoms with Crippen molar-refractivity contribution in [1.29, 1.82) is 0 Å². The molecule has 0 aliphatic heterocycles. The minimum atomic E-state index is -3.45. The van der Waals surface area contributed by atoms with Crippen molar-refractivity contribution in [2.45, 2.75) is 0 Å². The van der Waals surface area contributed by atoms with Gasteiger partial charge in [0.1, 0.15) is 0 Å². The van der Waals surface area contributed by atoms with Crippen LogP contribution in [0.3, 0.4) is 0 Å². The summed E-state index contributed by atoms with van der Waals surface area (Å²) in [5.74, 6) is 0. The van der Waals surface area contributed by atoms with Crippen molar-refractivity contribution < 1.29 is 66.6 Å². The Labute approximate surface area is 121 Å². The van der Waals surface area contributed by atoms with Crippen LogP contribution < -0.4 is 58.2 Å². The molecule has 0 unspecified atom stereocenters. The largest absolute Gasteiger partial charge is 1.00 e. The number of rotatable bonds is 2. The summed E-state index contributed by atoms with van der Waals surface area (Å²) in [5, 5.41) is 3.54. The topological polar surface area (TPSA) is 55.2 Å². The van der Waals surface area contributed by atoms with E-state index in [1.807, 2.05) is 0 Å². The van der Waals surface area contributed by atoms with E-state index in [0.717, 1.165) is 8.39 Å². The van der Waals surface area contributed by atoms with E-state index < -0.39 is 10.2 Å². The molecule has 0 saturated heterocycles. The first-order chi connectivity index (χ1) is 5.05. The molecule has 0 aliphatic carbocycles. The summed E-state index contributed by atoms with van der Waals surface area (Å²) in [5.41, 5.74) is 0. The number of hydrogen-bond acceptors (Lipinski definition) is 3. The predicted molar refractivity (Wildman–Crippen MR) is 39.1 cm³/mol. The van der Waals surface area contributed by atoms with Gasteiger partial charge in [0.25, 0.3) is 0 Å². The van der Waals surface area contributed by atoms with E-state index in [4.69, 9.17) is 0 Å². The summed E-state index contributed by atoms with van der Waals surface area (Å²) >= 11 is 0. The quantitative estimate of drug-likeness (QED) is 0.515.